The van der Waals surface area contributed by atoms with E-state index < -0.39 is 34.4 Å². The number of carbonyl (C=O) groups is 3. The maximum atomic E-state index is 14.5. The van der Waals surface area contributed by atoms with Crippen molar-refractivity contribution in [3.05, 3.63) is 51.6 Å². The number of ether oxygens (including phenoxy) is 3. The van der Waals surface area contributed by atoms with Crippen molar-refractivity contribution in [2.45, 2.75) is 103 Å². The Bertz CT molecular complexity index is 1500. The Hall–Kier alpha value is -3.23. The van der Waals surface area contributed by atoms with Crippen molar-refractivity contribution in [2.24, 2.45) is 11.8 Å². The zero-order valence-electron chi connectivity index (χ0n) is 24.7. The van der Waals surface area contributed by atoms with Gasteiger partial charge in [-0.25, -0.2) is 0 Å². The third kappa shape index (κ3) is 3.56. The van der Waals surface area contributed by atoms with Gasteiger partial charge in [0.2, 0.25) is 0 Å². The zero-order valence-corrected chi connectivity index (χ0v) is 24.7. The van der Waals surface area contributed by atoms with E-state index in [-0.39, 0.29) is 47.4 Å². The standard InChI is InChI=1S/C33H38O8/c1-16(2)8-9-19-27-20(14-23(39-27)30(4,5)38)25(35)24-26(36)21-12-18-13-22-31(6,7)41-32(29(18)37,11-10-17(3)15-34)33(21,22)40-28(19)24/h8,10,12,15,18,22-23,35,38H,9,11,13-14H2,1-7H3/b17-10+/t18-,22?,23?,32-,33+/m1/s1. The van der Waals surface area contributed by atoms with Crippen LogP contribution in [0, 0.1) is 11.8 Å². The number of carbonyl (C=O) groups excluding carboxylic acids is 3. The van der Waals surface area contributed by atoms with Gasteiger partial charge in [-0.05, 0) is 66.9 Å². The highest BCUT2D eigenvalue weighted by Gasteiger charge is 2.81. The van der Waals surface area contributed by atoms with Gasteiger partial charge >= 0.3 is 0 Å². The summed E-state index contributed by atoms with van der Waals surface area (Å²) in [6.45, 7) is 12.7. The van der Waals surface area contributed by atoms with Crippen LogP contribution in [-0.4, -0.2) is 56.6 Å². The summed E-state index contributed by atoms with van der Waals surface area (Å²) in [5, 5.41) is 22.4. The van der Waals surface area contributed by atoms with Crippen LogP contribution in [0.4, 0.5) is 0 Å². The van der Waals surface area contributed by atoms with Crippen LogP contribution in [0.25, 0.3) is 0 Å². The van der Waals surface area contributed by atoms with E-state index in [0.29, 0.717) is 40.9 Å². The van der Waals surface area contributed by atoms with Crippen LogP contribution in [0.1, 0.15) is 82.8 Å². The second-order valence-electron chi connectivity index (χ2n) is 13.6. The van der Waals surface area contributed by atoms with Gasteiger partial charge in [0.25, 0.3) is 0 Å². The van der Waals surface area contributed by atoms with Crippen LogP contribution >= 0.6 is 0 Å². The molecule has 41 heavy (non-hydrogen) atoms. The molecule has 3 aliphatic heterocycles. The lowest BCUT2D eigenvalue weighted by atomic mass is 9.51. The molecule has 8 nitrogen and oxygen atoms in total. The number of phenols is 1. The number of ketones is 2. The second-order valence-corrected chi connectivity index (χ2v) is 13.6. The fourth-order valence-electron chi connectivity index (χ4n) is 7.69. The Balaban J connectivity index is 1.63. The summed E-state index contributed by atoms with van der Waals surface area (Å²) in [5.41, 5.74) is -2.03. The summed E-state index contributed by atoms with van der Waals surface area (Å²) < 4.78 is 20.0. The number of aliphatic hydroxyl groups is 1. The monoisotopic (exact) mass is 562 g/mol. The first kappa shape index (κ1) is 27.9. The molecule has 7 rings (SSSR count). The van der Waals surface area contributed by atoms with E-state index in [9.17, 15) is 24.6 Å². The van der Waals surface area contributed by atoms with Gasteiger partial charge in [0, 0.05) is 41.4 Å². The van der Waals surface area contributed by atoms with Crippen LogP contribution in [-0.2, 0) is 27.2 Å². The number of Topliss-reactive ketones (excluding diaryl/α,β-unsaturated/α-hetero) is 2. The summed E-state index contributed by atoms with van der Waals surface area (Å²) in [6.07, 6.45) is 6.61. The van der Waals surface area contributed by atoms with Crippen molar-refractivity contribution in [1.29, 1.82) is 0 Å². The normalized spacial score (nSPS) is 32.4. The number of hydrogen-bond acceptors (Lipinski definition) is 8. The van der Waals surface area contributed by atoms with Crippen molar-refractivity contribution in [3.8, 4) is 17.2 Å². The van der Waals surface area contributed by atoms with Crippen LogP contribution in [0.2, 0.25) is 0 Å². The average Bonchev–Trinajstić information content (AvgIpc) is 3.40. The predicted molar refractivity (Wildman–Crippen MR) is 150 cm³/mol. The number of allylic oxidation sites excluding steroid dienone is 4. The first-order chi connectivity index (χ1) is 19.1. The SMILES string of the molecule is CC(C)=CCc1c2c(c(O)c3c1O[C@@]14C(=C[C@@H]5CC1C(C)(C)O[C@]4(C/C=C(\C)C=O)C5=O)C3=O)CC(C(C)(C)O)O2. The Labute approximate surface area is 240 Å². The molecule has 3 heterocycles. The molecule has 1 aromatic carbocycles. The first-order valence-corrected chi connectivity index (χ1v) is 14.3. The van der Waals surface area contributed by atoms with E-state index in [1.54, 1.807) is 32.9 Å². The third-order valence-corrected chi connectivity index (χ3v) is 9.72. The highest BCUT2D eigenvalue weighted by Crippen LogP contribution is 2.68. The first-order valence-electron chi connectivity index (χ1n) is 14.3. The highest BCUT2D eigenvalue weighted by molar-refractivity contribution is 6.18. The summed E-state index contributed by atoms with van der Waals surface area (Å²) >= 11 is 0. The van der Waals surface area contributed by atoms with Gasteiger partial charge in [-0.15, -0.1) is 0 Å². The van der Waals surface area contributed by atoms with Gasteiger partial charge in [0.05, 0.1) is 11.2 Å². The molecule has 2 fully saturated rings. The molecule has 0 radical (unpaired) electrons. The highest BCUT2D eigenvalue weighted by atomic mass is 16.6. The molecule has 1 spiro atoms. The number of fused-ring (bicyclic) bond motifs is 2. The number of aldehydes is 1. The summed E-state index contributed by atoms with van der Waals surface area (Å²) in [5.74, 6) is -1.05. The molecular weight excluding hydrogens is 524 g/mol. The van der Waals surface area contributed by atoms with E-state index >= 15 is 0 Å². The average molecular weight is 563 g/mol. The van der Waals surface area contributed by atoms with E-state index in [1.165, 1.54) is 0 Å². The summed E-state index contributed by atoms with van der Waals surface area (Å²) in [4.78, 5) is 40.2. The smallest absolute Gasteiger partial charge is 0.200 e. The largest absolute Gasteiger partial charge is 0.507 e. The maximum Gasteiger partial charge on any atom is 0.200 e. The molecule has 4 bridgehead atoms. The molecule has 218 valence electrons. The molecule has 0 aromatic heterocycles. The minimum Gasteiger partial charge on any atom is -0.507 e. The van der Waals surface area contributed by atoms with Crippen molar-refractivity contribution in [3.63, 3.8) is 0 Å². The Kier molecular flexibility index (Phi) is 5.89. The van der Waals surface area contributed by atoms with E-state index in [1.807, 2.05) is 33.8 Å². The Morgan fingerprint density at radius 3 is 2.49 bits per heavy atom. The quantitative estimate of drug-likeness (QED) is 0.295. The topological polar surface area (TPSA) is 119 Å². The maximum absolute atomic E-state index is 14.5. The predicted octanol–water partition coefficient (Wildman–Crippen LogP) is 4.52. The van der Waals surface area contributed by atoms with Crippen molar-refractivity contribution < 1.29 is 38.8 Å². The van der Waals surface area contributed by atoms with Gasteiger partial charge in [-0.3, -0.25) is 14.4 Å². The summed E-state index contributed by atoms with van der Waals surface area (Å²) in [6, 6.07) is 0. The van der Waals surface area contributed by atoms with E-state index in [2.05, 4.69) is 0 Å². The lowest BCUT2D eigenvalue weighted by Crippen LogP contribution is -2.72. The Morgan fingerprint density at radius 2 is 1.85 bits per heavy atom. The lowest BCUT2D eigenvalue weighted by Gasteiger charge is -2.56. The van der Waals surface area contributed by atoms with Crippen LogP contribution < -0.4 is 9.47 Å². The fraction of sp³-hybridized carbons (Fsp3) is 0.545. The van der Waals surface area contributed by atoms with Crippen molar-refractivity contribution in [1.82, 2.24) is 0 Å². The molecule has 1 saturated heterocycles. The second kappa shape index (κ2) is 8.65. The Morgan fingerprint density at radius 1 is 1.15 bits per heavy atom. The van der Waals surface area contributed by atoms with Gasteiger partial charge in [-0.2, -0.15) is 0 Å². The molecule has 2 unspecified atom stereocenters. The van der Waals surface area contributed by atoms with Crippen LogP contribution in [0.5, 0.6) is 17.2 Å². The molecule has 1 saturated carbocycles. The van der Waals surface area contributed by atoms with Crippen molar-refractivity contribution in [2.75, 3.05) is 0 Å². The van der Waals surface area contributed by atoms with Crippen LogP contribution in [0.3, 0.4) is 0 Å². The summed E-state index contributed by atoms with van der Waals surface area (Å²) in [7, 11) is 0. The fourth-order valence-corrected chi connectivity index (χ4v) is 7.69. The zero-order chi connectivity index (χ0) is 29.9. The molecule has 5 atom stereocenters. The number of phenolic OH excluding ortho intramolecular Hbond substituents is 1. The number of benzene rings is 1. The molecule has 0 amide bonds. The molecule has 1 aromatic rings. The molecule has 3 aliphatic carbocycles. The molecular formula is C33H38O8. The van der Waals surface area contributed by atoms with Crippen LogP contribution in [0.15, 0.2) is 34.9 Å². The van der Waals surface area contributed by atoms with Crippen molar-refractivity contribution >= 4 is 17.9 Å². The minimum absolute atomic E-state index is 0.0600. The van der Waals surface area contributed by atoms with Gasteiger partial charge in [-0.1, -0.05) is 23.8 Å². The molecule has 6 aliphatic rings. The number of rotatable bonds is 6. The van der Waals surface area contributed by atoms with Gasteiger partial charge in [0.15, 0.2) is 22.8 Å². The van der Waals surface area contributed by atoms with E-state index in [4.69, 9.17) is 14.2 Å². The number of hydrogen-bond donors (Lipinski definition) is 2. The molecule has 8 heteroatoms. The minimum atomic E-state index is -1.52. The van der Waals surface area contributed by atoms with E-state index in [0.717, 1.165) is 11.9 Å². The lowest BCUT2D eigenvalue weighted by molar-refractivity contribution is -0.171. The van der Waals surface area contributed by atoms with Gasteiger partial charge in [0.1, 0.15) is 35.2 Å². The number of aromatic hydroxyl groups is 1. The third-order valence-electron chi connectivity index (χ3n) is 9.72. The molecule has 2 N–H and O–H groups in total. The van der Waals surface area contributed by atoms with Gasteiger partial charge < -0.3 is 24.4 Å².